The molecule has 2 unspecified atom stereocenters. The van der Waals surface area contributed by atoms with E-state index in [4.69, 9.17) is 16.3 Å². The van der Waals surface area contributed by atoms with Crippen molar-refractivity contribution in [2.45, 2.75) is 25.6 Å². The maximum Gasteiger partial charge on any atom is 0.0838 e. The van der Waals surface area contributed by atoms with Gasteiger partial charge >= 0.3 is 0 Å². The van der Waals surface area contributed by atoms with Crippen LogP contribution in [0.15, 0.2) is 29.6 Å². The lowest BCUT2D eigenvalue weighted by Crippen LogP contribution is -2.48. The van der Waals surface area contributed by atoms with Crippen molar-refractivity contribution >= 4 is 33.0 Å². The molecule has 4 heteroatoms. The van der Waals surface area contributed by atoms with Gasteiger partial charge in [0.1, 0.15) is 0 Å². The van der Waals surface area contributed by atoms with E-state index in [1.165, 1.54) is 15.6 Å². The topological polar surface area (TPSA) is 12.5 Å². The first-order chi connectivity index (χ1) is 9.28. The zero-order chi connectivity index (χ0) is 13.2. The Labute approximate surface area is 122 Å². The molecule has 1 aliphatic heterocycles. The summed E-state index contributed by atoms with van der Waals surface area (Å²) in [4.78, 5) is 2.48. The minimum Gasteiger partial charge on any atom is -0.374 e. The summed E-state index contributed by atoms with van der Waals surface area (Å²) in [5, 5.41) is 3.66. The molecule has 3 rings (SSSR count). The van der Waals surface area contributed by atoms with Crippen LogP contribution in [-0.2, 0) is 11.3 Å². The highest BCUT2D eigenvalue weighted by molar-refractivity contribution is 7.17. The second-order valence-electron chi connectivity index (χ2n) is 5.15. The van der Waals surface area contributed by atoms with Crippen molar-refractivity contribution in [1.29, 1.82) is 0 Å². The van der Waals surface area contributed by atoms with Gasteiger partial charge in [0, 0.05) is 29.7 Å². The third-order valence-corrected chi connectivity index (χ3v) is 5.10. The molecule has 2 heterocycles. The van der Waals surface area contributed by atoms with E-state index >= 15 is 0 Å². The van der Waals surface area contributed by atoms with Gasteiger partial charge in [0.2, 0.25) is 0 Å². The van der Waals surface area contributed by atoms with Crippen LogP contribution >= 0.6 is 22.9 Å². The summed E-state index contributed by atoms with van der Waals surface area (Å²) in [5.74, 6) is 0.577. The van der Waals surface area contributed by atoms with Gasteiger partial charge in [-0.2, -0.15) is 0 Å². The fourth-order valence-electron chi connectivity index (χ4n) is 2.56. The molecule has 1 aliphatic rings. The summed E-state index contributed by atoms with van der Waals surface area (Å²) in [5.41, 5.74) is 1.42. The normalized spacial score (nSPS) is 24.9. The van der Waals surface area contributed by atoms with E-state index in [-0.39, 0.29) is 6.10 Å². The van der Waals surface area contributed by atoms with Gasteiger partial charge in [-0.05, 0) is 29.3 Å². The smallest absolute Gasteiger partial charge is 0.0838 e. The lowest BCUT2D eigenvalue weighted by atomic mass is 10.1. The van der Waals surface area contributed by atoms with Crippen LogP contribution in [0.1, 0.15) is 12.5 Å². The molecule has 2 atom stereocenters. The zero-order valence-electron chi connectivity index (χ0n) is 11.0. The standard InChI is InChI=1S/C15H18ClNOS/c1-11-9-18-13(6-16)8-17(11)7-12-10-19-15-5-3-2-4-14(12)15/h2-5,10-11,13H,6-9H2,1H3. The van der Waals surface area contributed by atoms with E-state index in [1.54, 1.807) is 0 Å². The first-order valence-electron chi connectivity index (χ1n) is 6.64. The molecule has 0 radical (unpaired) electrons. The Morgan fingerprint density at radius 3 is 3.11 bits per heavy atom. The Morgan fingerprint density at radius 1 is 1.42 bits per heavy atom. The van der Waals surface area contributed by atoms with E-state index in [1.807, 2.05) is 11.3 Å². The summed E-state index contributed by atoms with van der Waals surface area (Å²) in [6, 6.07) is 9.07. The number of thiophene rings is 1. The molecule has 0 amide bonds. The highest BCUT2D eigenvalue weighted by Gasteiger charge is 2.25. The Kier molecular flexibility index (Phi) is 4.08. The predicted molar refractivity (Wildman–Crippen MR) is 82.2 cm³/mol. The molecule has 2 aromatic rings. The van der Waals surface area contributed by atoms with Gasteiger partial charge in [0.05, 0.1) is 12.7 Å². The molecule has 102 valence electrons. The molecule has 1 aromatic heterocycles. The van der Waals surface area contributed by atoms with Gasteiger partial charge in [-0.3, -0.25) is 4.90 Å². The summed E-state index contributed by atoms with van der Waals surface area (Å²) in [6.45, 7) is 4.91. The van der Waals surface area contributed by atoms with E-state index in [9.17, 15) is 0 Å². The highest BCUT2D eigenvalue weighted by atomic mass is 35.5. The molecular weight excluding hydrogens is 278 g/mol. The van der Waals surface area contributed by atoms with Crippen LogP contribution in [0.3, 0.4) is 0 Å². The van der Waals surface area contributed by atoms with Crippen LogP contribution in [0.5, 0.6) is 0 Å². The van der Waals surface area contributed by atoms with Crippen molar-refractivity contribution in [2.24, 2.45) is 0 Å². The van der Waals surface area contributed by atoms with Gasteiger partial charge in [0.15, 0.2) is 0 Å². The van der Waals surface area contributed by atoms with Crippen LogP contribution in [0.25, 0.3) is 10.1 Å². The number of hydrogen-bond acceptors (Lipinski definition) is 3. The lowest BCUT2D eigenvalue weighted by molar-refractivity contribution is -0.0509. The van der Waals surface area contributed by atoms with Crippen LogP contribution in [-0.4, -0.2) is 36.1 Å². The third kappa shape index (κ3) is 2.79. The molecule has 0 aliphatic carbocycles. The number of hydrogen-bond donors (Lipinski definition) is 0. The van der Waals surface area contributed by atoms with Crippen LogP contribution in [0.4, 0.5) is 0 Å². The maximum absolute atomic E-state index is 5.92. The number of benzene rings is 1. The van der Waals surface area contributed by atoms with E-state index in [0.29, 0.717) is 11.9 Å². The van der Waals surface area contributed by atoms with E-state index in [0.717, 1.165) is 19.7 Å². The predicted octanol–water partition coefficient (Wildman–Crippen LogP) is 3.73. The average molecular weight is 296 g/mol. The first kappa shape index (κ1) is 13.4. The van der Waals surface area contributed by atoms with Crippen molar-refractivity contribution in [3.8, 4) is 0 Å². The number of halogens is 1. The van der Waals surface area contributed by atoms with Crippen LogP contribution in [0.2, 0.25) is 0 Å². The molecular formula is C15H18ClNOS. The van der Waals surface area contributed by atoms with Crippen molar-refractivity contribution in [3.63, 3.8) is 0 Å². The second-order valence-corrected chi connectivity index (χ2v) is 6.37. The van der Waals surface area contributed by atoms with E-state index < -0.39 is 0 Å². The quantitative estimate of drug-likeness (QED) is 0.800. The number of morpholine rings is 1. The van der Waals surface area contributed by atoms with Crippen molar-refractivity contribution in [2.75, 3.05) is 19.0 Å². The Hall–Kier alpha value is -0.610. The molecule has 19 heavy (non-hydrogen) atoms. The number of fused-ring (bicyclic) bond motifs is 1. The zero-order valence-corrected chi connectivity index (χ0v) is 12.6. The minimum absolute atomic E-state index is 0.169. The van der Waals surface area contributed by atoms with Gasteiger partial charge in [-0.1, -0.05) is 18.2 Å². The molecule has 0 N–H and O–H groups in total. The van der Waals surface area contributed by atoms with Gasteiger partial charge in [-0.25, -0.2) is 0 Å². The van der Waals surface area contributed by atoms with Crippen LogP contribution in [0, 0.1) is 0 Å². The van der Waals surface area contributed by atoms with Crippen molar-refractivity contribution in [3.05, 3.63) is 35.2 Å². The molecule has 0 bridgehead atoms. The molecule has 2 nitrogen and oxygen atoms in total. The Balaban J connectivity index is 1.80. The van der Waals surface area contributed by atoms with Crippen molar-refractivity contribution in [1.82, 2.24) is 4.90 Å². The fourth-order valence-corrected chi connectivity index (χ4v) is 3.70. The summed E-state index contributed by atoms with van der Waals surface area (Å²) in [6.07, 6.45) is 0.169. The largest absolute Gasteiger partial charge is 0.374 e. The first-order valence-corrected chi connectivity index (χ1v) is 8.06. The summed E-state index contributed by atoms with van der Waals surface area (Å²) >= 11 is 7.75. The molecule has 1 fully saturated rings. The van der Waals surface area contributed by atoms with Gasteiger partial charge in [-0.15, -0.1) is 22.9 Å². The van der Waals surface area contributed by atoms with Gasteiger partial charge < -0.3 is 4.74 Å². The van der Waals surface area contributed by atoms with Crippen molar-refractivity contribution < 1.29 is 4.74 Å². The third-order valence-electron chi connectivity index (χ3n) is 3.74. The number of ether oxygens (including phenoxy) is 1. The molecule has 1 saturated heterocycles. The number of nitrogens with zero attached hydrogens (tertiary/aromatic N) is 1. The van der Waals surface area contributed by atoms with Crippen LogP contribution < -0.4 is 0 Å². The maximum atomic E-state index is 5.92. The SMILES string of the molecule is CC1COC(CCl)CN1Cc1csc2ccccc12. The fraction of sp³-hybridized carbons (Fsp3) is 0.467. The molecule has 0 spiro atoms. The average Bonchev–Trinajstić information content (AvgIpc) is 2.85. The highest BCUT2D eigenvalue weighted by Crippen LogP contribution is 2.28. The number of alkyl halides is 1. The minimum atomic E-state index is 0.169. The lowest BCUT2D eigenvalue weighted by Gasteiger charge is -2.37. The van der Waals surface area contributed by atoms with E-state index in [2.05, 4.69) is 41.5 Å². The Bertz CT molecular complexity index is 556. The summed E-state index contributed by atoms with van der Waals surface area (Å²) in [7, 11) is 0. The Morgan fingerprint density at radius 2 is 2.26 bits per heavy atom. The second kappa shape index (κ2) is 5.80. The monoisotopic (exact) mass is 295 g/mol. The summed E-state index contributed by atoms with van der Waals surface area (Å²) < 4.78 is 7.07. The number of rotatable bonds is 3. The van der Waals surface area contributed by atoms with Gasteiger partial charge in [0.25, 0.3) is 0 Å². The molecule has 0 saturated carbocycles. The molecule has 1 aromatic carbocycles.